The molecule has 1 N–H and O–H groups in total. The molecule has 90 valence electrons. The summed E-state index contributed by atoms with van der Waals surface area (Å²) in [6.45, 7) is 0.361. The number of pyridine rings is 1. The lowest BCUT2D eigenvalue weighted by Crippen LogP contribution is -2.03. The third kappa shape index (κ3) is 2.76. The smallest absolute Gasteiger partial charge is 0.145 e. The topological polar surface area (TPSA) is 48.7 Å². The quantitative estimate of drug-likeness (QED) is 0.922. The molecule has 1 aromatic carbocycles. The van der Waals surface area contributed by atoms with Crippen LogP contribution in [0.25, 0.3) is 0 Å². The SMILES string of the molecule is N#Cc1ncccc1CNc1cc(F)ccc1Cl. The van der Waals surface area contributed by atoms with Gasteiger partial charge in [0.25, 0.3) is 0 Å². The highest BCUT2D eigenvalue weighted by Gasteiger charge is 2.05. The maximum Gasteiger partial charge on any atom is 0.145 e. The Labute approximate surface area is 109 Å². The maximum atomic E-state index is 13.1. The van der Waals surface area contributed by atoms with Crippen LogP contribution in [-0.2, 0) is 6.54 Å². The summed E-state index contributed by atoms with van der Waals surface area (Å²) >= 11 is 5.93. The summed E-state index contributed by atoms with van der Waals surface area (Å²) in [6, 6.07) is 9.60. The Kier molecular flexibility index (Phi) is 3.75. The van der Waals surface area contributed by atoms with Crippen LogP contribution in [0.3, 0.4) is 0 Å². The normalized spacial score (nSPS) is 9.83. The molecule has 0 bridgehead atoms. The van der Waals surface area contributed by atoms with Gasteiger partial charge >= 0.3 is 0 Å². The number of benzene rings is 1. The first-order valence-corrected chi connectivity index (χ1v) is 5.61. The molecule has 1 aromatic heterocycles. The Morgan fingerprint density at radius 3 is 3.00 bits per heavy atom. The fourth-order valence-electron chi connectivity index (χ4n) is 1.51. The van der Waals surface area contributed by atoms with Crippen LogP contribution in [-0.4, -0.2) is 4.98 Å². The summed E-state index contributed by atoms with van der Waals surface area (Å²) < 4.78 is 13.1. The van der Waals surface area contributed by atoms with Gasteiger partial charge in [-0.25, -0.2) is 9.37 Å². The summed E-state index contributed by atoms with van der Waals surface area (Å²) in [4.78, 5) is 3.94. The Balaban J connectivity index is 2.17. The first kappa shape index (κ1) is 12.3. The standard InChI is InChI=1S/C13H9ClFN3/c14-11-4-3-10(15)6-12(11)18-8-9-2-1-5-17-13(9)7-16/h1-6,18H,8H2. The van der Waals surface area contributed by atoms with Crippen molar-refractivity contribution in [3.05, 3.63) is 58.6 Å². The molecule has 0 saturated carbocycles. The van der Waals surface area contributed by atoms with E-state index in [2.05, 4.69) is 10.3 Å². The molecule has 1 heterocycles. The van der Waals surface area contributed by atoms with E-state index in [9.17, 15) is 4.39 Å². The zero-order valence-corrected chi connectivity index (χ0v) is 10.1. The zero-order valence-electron chi connectivity index (χ0n) is 9.32. The van der Waals surface area contributed by atoms with Gasteiger partial charge in [-0.2, -0.15) is 5.26 Å². The molecule has 2 aromatic rings. The monoisotopic (exact) mass is 261 g/mol. The highest BCUT2D eigenvalue weighted by molar-refractivity contribution is 6.33. The predicted octanol–water partition coefficient (Wildman–Crippen LogP) is 3.36. The zero-order chi connectivity index (χ0) is 13.0. The van der Waals surface area contributed by atoms with Gasteiger partial charge in [-0.1, -0.05) is 17.7 Å². The molecule has 0 saturated heterocycles. The Morgan fingerprint density at radius 1 is 1.39 bits per heavy atom. The van der Waals surface area contributed by atoms with Crippen LogP contribution in [0.4, 0.5) is 10.1 Å². The van der Waals surface area contributed by atoms with Crippen molar-refractivity contribution in [2.24, 2.45) is 0 Å². The lowest BCUT2D eigenvalue weighted by molar-refractivity contribution is 0.628. The molecule has 0 atom stereocenters. The van der Waals surface area contributed by atoms with Crippen LogP contribution in [0.1, 0.15) is 11.3 Å². The molecule has 2 rings (SSSR count). The molecule has 0 radical (unpaired) electrons. The van der Waals surface area contributed by atoms with Crippen LogP contribution in [0.2, 0.25) is 5.02 Å². The number of nitrogens with one attached hydrogen (secondary N) is 1. The maximum absolute atomic E-state index is 13.1. The average molecular weight is 262 g/mol. The number of hydrogen-bond acceptors (Lipinski definition) is 3. The van der Waals surface area contributed by atoms with Crippen molar-refractivity contribution in [2.75, 3.05) is 5.32 Å². The molecular weight excluding hydrogens is 253 g/mol. The van der Waals surface area contributed by atoms with E-state index in [1.54, 1.807) is 18.3 Å². The van der Waals surface area contributed by atoms with E-state index >= 15 is 0 Å². The van der Waals surface area contributed by atoms with E-state index in [0.29, 0.717) is 22.9 Å². The number of rotatable bonds is 3. The molecule has 18 heavy (non-hydrogen) atoms. The Morgan fingerprint density at radius 2 is 2.22 bits per heavy atom. The summed E-state index contributed by atoms with van der Waals surface area (Å²) in [7, 11) is 0. The van der Waals surface area contributed by atoms with E-state index in [1.807, 2.05) is 6.07 Å². The van der Waals surface area contributed by atoms with Crippen molar-refractivity contribution in [1.29, 1.82) is 5.26 Å². The van der Waals surface area contributed by atoms with E-state index in [-0.39, 0.29) is 5.82 Å². The number of anilines is 1. The van der Waals surface area contributed by atoms with Crippen molar-refractivity contribution in [3.63, 3.8) is 0 Å². The molecule has 0 amide bonds. The summed E-state index contributed by atoms with van der Waals surface area (Å²) in [5, 5.41) is 12.3. The van der Waals surface area contributed by atoms with Gasteiger partial charge in [0.1, 0.15) is 17.6 Å². The summed E-state index contributed by atoms with van der Waals surface area (Å²) in [6.07, 6.45) is 1.55. The number of nitrogens with zero attached hydrogens (tertiary/aromatic N) is 2. The van der Waals surface area contributed by atoms with Crippen molar-refractivity contribution < 1.29 is 4.39 Å². The fraction of sp³-hybridized carbons (Fsp3) is 0.0769. The third-order valence-electron chi connectivity index (χ3n) is 2.39. The van der Waals surface area contributed by atoms with Gasteiger partial charge in [-0.05, 0) is 24.3 Å². The molecular formula is C13H9ClFN3. The first-order valence-electron chi connectivity index (χ1n) is 5.23. The molecule has 0 aliphatic carbocycles. The second-order valence-corrected chi connectivity index (χ2v) is 4.01. The lowest BCUT2D eigenvalue weighted by Gasteiger charge is -2.09. The predicted molar refractivity (Wildman–Crippen MR) is 67.7 cm³/mol. The molecule has 0 unspecified atom stereocenters. The number of hydrogen-bond donors (Lipinski definition) is 1. The summed E-state index contributed by atoms with van der Waals surface area (Å²) in [5.74, 6) is -0.367. The molecule has 0 aliphatic rings. The minimum absolute atomic E-state index is 0.345. The molecule has 0 fully saturated rings. The van der Waals surface area contributed by atoms with Crippen molar-refractivity contribution in [2.45, 2.75) is 6.54 Å². The highest BCUT2D eigenvalue weighted by Crippen LogP contribution is 2.23. The van der Waals surface area contributed by atoms with Gasteiger partial charge in [0, 0.05) is 18.3 Å². The van der Waals surface area contributed by atoms with Crippen LogP contribution in [0, 0.1) is 17.1 Å². The second-order valence-electron chi connectivity index (χ2n) is 3.60. The molecule has 0 aliphatic heterocycles. The van der Waals surface area contributed by atoms with Gasteiger partial charge < -0.3 is 5.32 Å². The summed E-state index contributed by atoms with van der Waals surface area (Å²) in [5.41, 5.74) is 1.57. The number of aromatic nitrogens is 1. The number of halogens is 2. The first-order chi connectivity index (χ1) is 8.70. The minimum Gasteiger partial charge on any atom is -0.380 e. The van der Waals surface area contributed by atoms with E-state index in [4.69, 9.17) is 16.9 Å². The van der Waals surface area contributed by atoms with Crippen molar-refractivity contribution in [3.8, 4) is 6.07 Å². The van der Waals surface area contributed by atoms with Crippen molar-refractivity contribution >= 4 is 17.3 Å². The van der Waals surface area contributed by atoms with Gasteiger partial charge in [0.05, 0.1) is 10.7 Å². The average Bonchev–Trinajstić information content (AvgIpc) is 2.40. The van der Waals surface area contributed by atoms with Crippen molar-refractivity contribution in [1.82, 2.24) is 4.98 Å². The Hall–Kier alpha value is -2.12. The largest absolute Gasteiger partial charge is 0.380 e. The third-order valence-corrected chi connectivity index (χ3v) is 2.72. The lowest BCUT2D eigenvalue weighted by atomic mass is 10.2. The Bertz CT molecular complexity index is 607. The number of nitriles is 1. The van der Waals surface area contributed by atoms with Gasteiger partial charge in [0.2, 0.25) is 0 Å². The minimum atomic E-state index is -0.367. The van der Waals surface area contributed by atoms with E-state index in [1.165, 1.54) is 18.2 Å². The van der Waals surface area contributed by atoms with Crippen LogP contribution in [0.5, 0.6) is 0 Å². The molecule has 0 spiro atoms. The molecule has 5 heteroatoms. The molecule has 3 nitrogen and oxygen atoms in total. The van der Waals surface area contributed by atoms with E-state index in [0.717, 1.165) is 5.56 Å². The van der Waals surface area contributed by atoms with Gasteiger partial charge in [-0.15, -0.1) is 0 Å². The van der Waals surface area contributed by atoms with Crippen LogP contribution in [0.15, 0.2) is 36.5 Å². The second kappa shape index (κ2) is 5.48. The highest BCUT2D eigenvalue weighted by atomic mass is 35.5. The van der Waals surface area contributed by atoms with Crippen LogP contribution < -0.4 is 5.32 Å². The van der Waals surface area contributed by atoms with Gasteiger partial charge in [0.15, 0.2) is 0 Å². The van der Waals surface area contributed by atoms with Crippen LogP contribution >= 0.6 is 11.6 Å². The fourth-order valence-corrected chi connectivity index (χ4v) is 1.69. The van der Waals surface area contributed by atoms with E-state index < -0.39 is 0 Å². The van der Waals surface area contributed by atoms with Gasteiger partial charge in [-0.3, -0.25) is 0 Å².